The lowest BCUT2D eigenvalue weighted by Crippen LogP contribution is -2.42. The second-order valence-electron chi connectivity index (χ2n) is 5.56. The number of nitrogens with one attached hydrogen (secondary N) is 2. The minimum atomic E-state index is -0.926. The minimum absolute atomic E-state index is 0.0401. The lowest BCUT2D eigenvalue weighted by Gasteiger charge is -2.23. The highest BCUT2D eigenvalue weighted by molar-refractivity contribution is 5.87. The van der Waals surface area contributed by atoms with Crippen LogP contribution in [0.25, 0.3) is 0 Å². The van der Waals surface area contributed by atoms with E-state index in [1.165, 1.54) is 0 Å². The number of amides is 1. The zero-order chi connectivity index (χ0) is 13.2. The number of hydrogen-bond acceptors (Lipinski definition) is 3. The van der Waals surface area contributed by atoms with Gasteiger partial charge in [0.15, 0.2) is 0 Å². The highest BCUT2D eigenvalue weighted by Gasteiger charge is 2.57. The molecule has 18 heavy (non-hydrogen) atoms. The van der Waals surface area contributed by atoms with Crippen LogP contribution in [-0.4, -0.2) is 36.1 Å². The van der Waals surface area contributed by atoms with E-state index in [2.05, 4.69) is 10.6 Å². The second kappa shape index (κ2) is 5.26. The van der Waals surface area contributed by atoms with E-state index in [1.807, 2.05) is 6.92 Å². The van der Waals surface area contributed by atoms with Crippen LogP contribution in [0.2, 0.25) is 0 Å². The Labute approximate surface area is 107 Å². The van der Waals surface area contributed by atoms with Gasteiger partial charge in [-0.25, -0.2) is 4.79 Å². The van der Waals surface area contributed by atoms with Gasteiger partial charge < -0.3 is 15.7 Å². The summed E-state index contributed by atoms with van der Waals surface area (Å²) in [5.41, 5.74) is 0.171. The molecule has 2 rings (SSSR count). The van der Waals surface area contributed by atoms with Gasteiger partial charge in [0.1, 0.15) is 6.04 Å². The molecule has 0 aromatic heterocycles. The summed E-state index contributed by atoms with van der Waals surface area (Å²) in [6, 6.07) is -0.720. The Hall–Kier alpha value is -1.10. The first-order chi connectivity index (χ1) is 8.59. The van der Waals surface area contributed by atoms with Crippen molar-refractivity contribution in [1.82, 2.24) is 10.6 Å². The Morgan fingerprint density at radius 2 is 2.11 bits per heavy atom. The maximum absolute atomic E-state index is 12.1. The average Bonchev–Trinajstić information content (AvgIpc) is 3.03. The summed E-state index contributed by atoms with van der Waals surface area (Å²) in [6.07, 6.45) is 4.27. The van der Waals surface area contributed by atoms with Crippen molar-refractivity contribution in [2.24, 2.45) is 11.3 Å². The number of aliphatic carboxylic acids is 1. The summed E-state index contributed by atoms with van der Waals surface area (Å²) in [5, 5.41) is 15.0. The van der Waals surface area contributed by atoms with Crippen molar-refractivity contribution >= 4 is 11.9 Å². The van der Waals surface area contributed by atoms with Crippen molar-refractivity contribution in [3.05, 3.63) is 0 Å². The molecular formula is C13H22N2O3. The molecule has 1 heterocycles. The van der Waals surface area contributed by atoms with Crippen LogP contribution >= 0.6 is 0 Å². The predicted octanol–water partition coefficient (Wildman–Crippen LogP) is 0.746. The zero-order valence-electron chi connectivity index (χ0n) is 10.9. The van der Waals surface area contributed by atoms with Gasteiger partial charge in [0.2, 0.25) is 5.91 Å². The van der Waals surface area contributed by atoms with Gasteiger partial charge in [-0.15, -0.1) is 0 Å². The smallest absolute Gasteiger partial charge is 0.326 e. The van der Waals surface area contributed by atoms with Crippen LogP contribution in [0, 0.1) is 11.3 Å². The Morgan fingerprint density at radius 3 is 2.67 bits per heavy atom. The molecule has 2 atom stereocenters. The standard InChI is InChI=1S/C13H22N2O3/c1-2-3-10(12(17)18)15-11(16)9-8-13(9)4-6-14-7-5-13/h9-10,14H,2-8H2,1H3,(H,15,16)(H,17,18)/t9?,10-/m1/s1. The summed E-state index contributed by atoms with van der Waals surface area (Å²) >= 11 is 0. The molecule has 0 aromatic rings. The van der Waals surface area contributed by atoms with E-state index in [-0.39, 0.29) is 17.2 Å². The van der Waals surface area contributed by atoms with Crippen molar-refractivity contribution in [2.75, 3.05) is 13.1 Å². The van der Waals surface area contributed by atoms with E-state index in [1.54, 1.807) is 0 Å². The first-order valence-electron chi connectivity index (χ1n) is 6.83. The molecule has 1 aliphatic carbocycles. The molecule has 5 heteroatoms. The van der Waals surface area contributed by atoms with Gasteiger partial charge in [-0.2, -0.15) is 0 Å². The third-order valence-electron chi connectivity index (χ3n) is 4.30. The van der Waals surface area contributed by atoms with E-state index >= 15 is 0 Å². The Bertz CT molecular complexity index is 337. The maximum atomic E-state index is 12.1. The molecule has 1 unspecified atom stereocenters. The average molecular weight is 254 g/mol. The summed E-state index contributed by atoms with van der Waals surface area (Å²) in [6.45, 7) is 3.87. The first kappa shape index (κ1) is 13.3. The third-order valence-corrected chi connectivity index (χ3v) is 4.30. The molecule has 1 saturated heterocycles. The number of rotatable bonds is 5. The first-order valence-corrected chi connectivity index (χ1v) is 6.83. The van der Waals surface area contributed by atoms with E-state index in [9.17, 15) is 9.59 Å². The normalized spacial score (nSPS) is 26.6. The van der Waals surface area contributed by atoms with Gasteiger partial charge in [-0.1, -0.05) is 13.3 Å². The molecule has 0 bridgehead atoms. The highest BCUT2D eigenvalue weighted by Crippen LogP contribution is 2.58. The van der Waals surface area contributed by atoms with Crippen LogP contribution < -0.4 is 10.6 Å². The molecule has 1 spiro atoms. The lowest BCUT2D eigenvalue weighted by atomic mass is 9.91. The van der Waals surface area contributed by atoms with Crippen LogP contribution in [0.3, 0.4) is 0 Å². The van der Waals surface area contributed by atoms with Gasteiger partial charge in [0, 0.05) is 5.92 Å². The highest BCUT2D eigenvalue weighted by atomic mass is 16.4. The van der Waals surface area contributed by atoms with Crippen molar-refractivity contribution in [3.8, 4) is 0 Å². The fraction of sp³-hybridized carbons (Fsp3) is 0.846. The third kappa shape index (κ3) is 2.66. The van der Waals surface area contributed by atoms with Gasteiger partial charge >= 0.3 is 5.97 Å². The molecular weight excluding hydrogens is 232 g/mol. The molecule has 102 valence electrons. The summed E-state index contributed by atoms with van der Waals surface area (Å²) < 4.78 is 0. The van der Waals surface area contributed by atoms with Crippen LogP contribution in [0.4, 0.5) is 0 Å². The van der Waals surface area contributed by atoms with Gasteiger partial charge in [-0.05, 0) is 44.2 Å². The quantitative estimate of drug-likeness (QED) is 0.676. The van der Waals surface area contributed by atoms with Crippen LogP contribution in [-0.2, 0) is 9.59 Å². The van der Waals surface area contributed by atoms with E-state index < -0.39 is 12.0 Å². The Morgan fingerprint density at radius 1 is 1.44 bits per heavy atom. The Balaban J connectivity index is 1.87. The molecule has 0 radical (unpaired) electrons. The van der Waals surface area contributed by atoms with Crippen molar-refractivity contribution in [2.45, 2.75) is 45.1 Å². The molecule has 2 fully saturated rings. The fourth-order valence-electron chi connectivity index (χ4n) is 3.01. The van der Waals surface area contributed by atoms with Crippen molar-refractivity contribution < 1.29 is 14.7 Å². The molecule has 1 amide bonds. The number of hydrogen-bond donors (Lipinski definition) is 3. The number of carbonyl (C=O) groups excluding carboxylic acids is 1. The lowest BCUT2D eigenvalue weighted by molar-refractivity contribution is -0.142. The molecule has 0 aromatic carbocycles. The molecule has 2 aliphatic rings. The largest absolute Gasteiger partial charge is 0.480 e. The predicted molar refractivity (Wildman–Crippen MR) is 67.1 cm³/mol. The number of carboxylic acid groups (broad SMARTS) is 1. The number of carbonyl (C=O) groups is 2. The van der Waals surface area contributed by atoms with Gasteiger partial charge in [-0.3, -0.25) is 4.79 Å². The van der Waals surface area contributed by atoms with Crippen molar-refractivity contribution in [1.29, 1.82) is 0 Å². The fourth-order valence-corrected chi connectivity index (χ4v) is 3.01. The van der Waals surface area contributed by atoms with Crippen molar-refractivity contribution in [3.63, 3.8) is 0 Å². The second-order valence-corrected chi connectivity index (χ2v) is 5.56. The van der Waals surface area contributed by atoms with E-state index in [0.29, 0.717) is 6.42 Å². The zero-order valence-corrected chi connectivity index (χ0v) is 10.9. The molecule has 3 N–H and O–H groups in total. The summed E-state index contributed by atoms with van der Waals surface area (Å²) in [4.78, 5) is 23.1. The molecule has 5 nitrogen and oxygen atoms in total. The van der Waals surface area contributed by atoms with Crippen LogP contribution in [0.5, 0.6) is 0 Å². The minimum Gasteiger partial charge on any atom is -0.480 e. The Kier molecular flexibility index (Phi) is 3.90. The number of piperidine rings is 1. The van der Waals surface area contributed by atoms with E-state index in [4.69, 9.17) is 5.11 Å². The monoisotopic (exact) mass is 254 g/mol. The SMILES string of the molecule is CCC[C@@H](NC(=O)C1CC12CCNCC2)C(=O)O. The van der Waals surface area contributed by atoms with Gasteiger partial charge in [0.05, 0.1) is 0 Å². The topological polar surface area (TPSA) is 78.4 Å². The molecule has 1 saturated carbocycles. The summed E-state index contributed by atoms with van der Waals surface area (Å²) in [5.74, 6) is -0.943. The van der Waals surface area contributed by atoms with Crippen LogP contribution in [0.15, 0.2) is 0 Å². The summed E-state index contributed by atoms with van der Waals surface area (Å²) in [7, 11) is 0. The number of carboxylic acids is 1. The van der Waals surface area contributed by atoms with E-state index in [0.717, 1.165) is 38.8 Å². The van der Waals surface area contributed by atoms with Crippen LogP contribution in [0.1, 0.15) is 39.0 Å². The van der Waals surface area contributed by atoms with Gasteiger partial charge in [0.25, 0.3) is 0 Å². The maximum Gasteiger partial charge on any atom is 0.326 e. The molecule has 1 aliphatic heterocycles.